The van der Waals surface area contributed by atoms with Gasteiger partial charge < -0.3 is 79.5 Å². The summed E-state index contributed by atoms with van der Waals surface area (Å²) in [5.74, 6) is -3.18. The number of hydrogen-bond donors (Lipinski definition) is 10. The Bertz CT molecular complexity index is 1050. The molecule has 0 aromatic rings. The molecule has 0 aromatic heterocycles. The van der Waals surface area contributed by atoms with Gasteiger partial charge in [0.15, 0.2) is 12.4 Å². The van der Waals surface area contributed by atoms with Gasteiger partial charge in [-0.2, -0.15) is 0 Å². The Labute approximate surface area is 311 Å². The van der Waals surface area contributed by atoms with E-state index in [1.54, 1.807) is 0 Å². The van der Waals surface area contributed by atoms with Crippen LogP contribution < -0.4 is 0 Å². The Hall–Kier alpha value is -1.39. The Morgan fingerprint density at radius 2 is 1.21 bits per heavy atom. The van der Waals surface area contributed by atoms with Gasteiger partial charge in [0.25, 0.3) is 0 Å². The monoisotopic (exact) mass is 768 g/mol. The zero-order chi connectivity index (χ0) is 39.0. The SMILES string of the molecule is CCCCCCCC/C=C\CCCCCCCC(=O)O[C@H]1[C@@H](O[C@]2(CO)O[C@H](CO)[C@@H](O)[C@@H]2O)O[C@H](CO[C@H]2O[C@H](CO)[C@H](O)[C@H](O)[C@H]2O)[C@@H](O)[C@@H]1O. The Kier molecular flexibility index (Phi) is 20.5. The fourth-order valence-corrected chi connectivity index (χ4v) is 6.68. The van der Waals surface area contributed by atoms with E-state index < -0.39 is 118 Å². The third-order valence-corrected chi connectivity index (χ3v) is 10.0. The lowest BCUT2D eigenvalue weighted by atomic mass is 9.98. The summed E-state index contributed by atoms with van der Waals surface area (Å²) in [7, 11) is 0. The predicted molar refractivity (Wildman–Crippen MR) is 185 cm³/mol. The third kappa shape index (κ3) is 13.1. The topological polar surface area (TPSA) is 275 Å². The highest BCUT2D eigenvalue weighted by atomic mass is 16.8. The molecule has 53 heavy (non-hydrogen) atoms. The molecule has 3 saturated heterocycles. The first kappa shape index (κ1) is 46.0. The second kappa shape index (κ2) is 23.6. The maximum Gasteiger partial charge on any atom is 0.306 e. The van der Waals surface area contributed by atoms with E-state index in [0.717, 1.165) is 38.5 Å². The first-order valence-corrected chi connectivity index (χ1v) is 19.2. The van der Waals surface area contributed by atoms with E-state index in [-0.39, 0.29) is 6.42 Å². The Morgan fingerprint density at radius 3 is 1.79 bits per heavy atom. The van der Waals surface area contributed by atoms with Crippen LogP contribution in [0.15, 0.2) is 12.2 Å². The molecule has 3 fully saturated rings. The van der Waals surface area contributed by atoms with Crippen LogP contribution >= 0.6 is 0 Å². The lowest BCUT2D eigenvalue weighted by Gasteiger charge is -2.45. The smallest absolute Gasteiger partial charge is 0.306 e. The first-order chi connectivity index (χ1) is 25.4. The largest absolute Gasteiger partial charge is 0.454 e. The lowest BCUT2D eigenvalue weighted by molar-refractivity contribution is -0.388. The van der Waals surface area contributed by atoms with Crippen molar-refractivity contribution < 1.29 is 84.3 Å². The van der Waals surface area contributed by atoms with Crippen LogP contribution in [0, 0.1) is 0 Å². The molecule has 17 heteroatoms. The van der Waals surface area contributed by atoms with Crippen LogP contribution in [-0.4, -0.2) is 169 Å². The number of ether oxygens (including phenoxy) is 6. The van der Waals surface area contributed by atoms with Gasteiger partial charge in [0.1, 0.15) is 67.6 Å². The maximum atomic E-state index is 12.9. The molecule has 3 aliphatic rings. The third-order valence-electron chi connectivity index (χ3n) is 10.0. The van der Waals surface area contributed by atoms with Crippen molar-refractivity contribution in [2.24, 2.45) is 0 Å². The summed E-state index contributed by atoms with van der Waals surface area (Å²) in [5.41, 5.74) is 0. The molecule has 0 unspecified atom stereocenters. The summed E-state index contributed by atoms with van der Waals surface area (Å²) >= 11 is 0. The molecule has 0 saturated carbocycles. The molecular weight excluding hydrogens is 704 g/mol. The lowest BCUT2D eigenvalue weighted by Crippen LogP contribution is -2.64. The second-order valence-corrected chi connectivity index (χ2v) is 14.2. The summed E-state index contributed by atoms with van der Waals surface area (Å²) in [5, 5.41) is 103. The van der Waals surface area contributed by atoms with E-state index in [0.29, 0.717) is 6.42 Å². The van der Waals surface area contributed by atoms with Crippen LogP contribution in [-0.2, 0) is 33.2 Å². The zero-order valence-electron chi connectivity index (χ0n) is 30.7. The fraction of sp³-hybridized carbons (Fsp3) is 0.917. The van der Waals surface area contributed by atoms with Crippen LogP contribution in [0.1, 0.15) is 96.8 Å². The number of rotatable bonds is 24. The summed E-state index contributed by atoms with van der Waals surface area (Å²) in [6.07, 6.45) is -3.63. The van der Waals surface area contributed by atoms with Crippen LogP contribution in [0.2, 0.25) is 0 Å². The quantitative estimate of drug-likeness (QED) is 0.0321. The van der Waals surface area contributed by atoms with E-state index in [9.17, 15) is 55.9 Å². The number of carbonyl (C=O) groups is 1. The summed E-state index contributed by atoms with van der Waals surface area (Å²) in [6.45, 7) is -1.01. The molecule has 3 rings (SSSR count). The van der Waals surface area contributed by atoms with Crippen molar-refractivity contribution in [3.8, 4) is 0 Å². The molecule has 0 aliphatic carbocycles. The van der Waals surface area contributed by atoms with E-state index in [4.69, 9.17) is 28.4 Å². The summed E-state index contributed by atoms with van der Waals surface area (Å²) < 4.78 is 33.3. The minimum atomic E-state index is -2.42. The van der Waals surface area contributed by atoms with Gasteiger partial charge in [-0.25, -0.2) is 0 Å². The molecule has 310 valence electrons. The highest BCUT2D eigenvalue weighted by Crippen LogP contribution is 2.37. The van der Waals surface area contributed by atoms with E-state index in [2.05, 4.69) is 19.1 Å². The highest BCUT2D eigenvalue weighted by molar-refractivity contribution is 5.69. The van der Waals surface area contributed by atoms with Crippen molar-refractivity contribution in [3.63, 3.8) is 0 Å². The van der Waals surface area contributed by atoms with Crippen LogP contribution in [0.25, 0.3) is 0 Å². The summed E-state index contributed by atoms with van der Waals surface area (Å²) in [6, 6.07) is 0. The molecular formula is C36H64O17. The van der Waals surface area contributed by atoms with Crippen molar-refractivity contribution in [1.82, 2.24) is 0 Å². The van der Waals surface area contributed by atoms with Crippen molar-refractivity contribution >= 4 is 5.97 Å². The Balaban J connectivity index is 1.55. The summed E-state index contributed by atoms with van der Waals surface area (Å²) in [4.78, 5) is 12.9. The average Bonchev–Trinajstić information content (AvgIpc) is 3.40. The molecule has 10 N–H and O–H groups in total. The molecule has 3 heterocycles. The van der Waals surface area contributed by atoms with Gasteiger partial charge in [-0.05, 0) is 32.1 Å². The van der Waals surface area contributed by atoms with Gasteiger partial charge in [0.2, 0.25) is 12.1 Å². The van der Waals surface area contributed by atoms with Gasteiger partial charge in [-0.3, -0.25) is 4.79 Å². The van der Waals surface area contributed by atoms with Gasteiger partial charge in [0.05, 0.1) is 19.8 Å². The van der Waals surface area contributed by atoms with Gasteiger partial charge in [-0.1, -0.05) is 70.4 Å². The van der Waals surface area contributed by atoms with E-state index in [1.807, 2.05) is 0 Å². The standard InChI is InChI=1S/C36H64O17/c1-2-3-4-5-6-7-8-9-10-11-12-13-14-15-16-17-25(40)51-32-30(45)27(42)24(20-48-34-31(46)29(44)26(41)22(18-37)49-34)50-35(32)53-36(21-39)33(47)28(43)23(19-38)52-36/h9-10,22-24,26-35,37-39,41-47H,2-8,11-21H2,1H3/b10-9-/t22-,23-,24-,26+,27-,28-,29+,30+,31-,32-,33+,34+,35-,36+/m1/s1. The molecule has 0 spiro atoms. The van der Waals surface area contributed by atoms with Crippen molar-refractivity contribution in [2.45, 2.75) is 182 Å². The molecule has 14 atom stereocenters. The Morgan fingerprint density at radius 1 is 0.642 bits per heavy atom. The molecule has 0 bridgehead atoms. The van der Waals surface area contributed by atoms with Gasteiger partial charge in [-0.15, -0.1) is 0 Å². The molecule has 3 aliphatic heterocycles. The first-order valence-electron chi connectivity index (χ1n) is 19.2. The number of aliphatic hydroxyl groups excluding tert-OH is 10. The maximum absolute atomic E-state index is 12.9. The second-order valence-electron chi connectivity index (χ2n) is 14.2. The van der Waals surface area contributed by atoms with E-state index in [1.165, 1.54) is 38.5 Å². The molecule has 0 radical (unpaired) electrons. The predicted octanol–water partition coefficient (Wildman–Crippen LogP) is -0.983. The van der Waals surface area contributed by atoms with Gasteiger partial charge in [0, 0.05) is 6.42 Å². The number of unbranched alkanes of at least 4 members (excludes halogenated alkanes) is 11. The average molecular weight is 769 g/mol. The molecule has 0 aromatic carbocycles. The number of hydrogen-bond acceptors (Lipinski definition) is 17. The van der Waals surface area contributed by atoms with E-state index >= 15 is 0 Å². The number of allylic oxidation sites excluding steroid dienone is 2. The molecule has 17 nitrogen and oxygen atoms in total. The van der Waals surface area contributed by atoms with Gasteiger partial charge >= 0.3 is 5.97 Å². The highest BCUT2D eigenvalue weighted by Gasteiger charge is 2.59. The van der Waals surface area contributed by atoms with Crippen molar-refractivity contribution in [1.29, 1.82) is 0 Å². The number of aliphatic hydroxyl groups is 10. The normalized spacial score (nSPS) is 37.8. The van der Waals surface area contributed by atoms with Crippen LogP contribution in [0.4, 0.5) is 0 Å². The zero-order valence-corrected chi connectivity index (χ0v) is 30.7. The van der Waals surface area contributed by atoms with Crippen molar-refractivity contribution in [3.05, 3.63) is 12.2 Å². The number of carbonyl (C=O) groups excluding carboxylic acids is 1. The number of esters is 1. The molecule has 0 amide bonds. The minimum absolute atomic E-state index is 0.0383. The minimum Gasteiger partial charge on any atom is -0.454 e. The fourth-order valence-electron chi connectivity index (χ4n) is 6.68. The van der Waals surface area contributed by atoms with Crippen LogP contribution in [0.3, 0.4) is 0 Å². The van der Waals surface area contributed by atoms with Crippen molar-refractivity contribution in [2.75, 3.05) is 26.4 Å². The van der Waals surface area contributed by atoms with Crippen LogP contribution in [0.5, 0.6) is 0 Å².